The normalized spacial score (nSPS) is 10.4. The Labute approximate surface area is 152 Å². The number of halogens is 1. The summed E-state index contributed by atoms with van der Waals surface area (Å²) in [5, 5.41) is 7.18. The van der Waals surface area contributed by atoms with Crippen molar-refractivity contribution in [2.75, 3.05) is 29.6 Å². The average molecular weight is 354 g/mol. The summed E-state index contributed by atoms with van der Waals surface area (Å²) < 4.78 is 0. The SMILES string of the molecule is Cc1ccc(Cl)cc1Nc1ccnc(Nc2ccc(N(C)C)cc2)n1. The van der Waals surface area contributed by atoms with Gasteiger partial charge in [-0.15, -0.1) is 0 Å². The number of aromatic nitrogens is 2. The van der Waals surface area contributed by atoms with Crippen LogP contribution >= 0.6 is 11.6 Å². The van der Waals surface area contributed by atoms with Gasteiger partial charge in [0.15, 0.2) is 0 Å². The number of rotatable bonds is 5. The number of anilines is 5. The van der Waals surface area contributed by atoms with E-state index in [1.54, 1.807) is 6.20 Å². The van der Waals surface area contributed by atoms with Gasteiger partial charge in [-0.1, -0.05) is 17.7 Å². The number of nitrogens with one attached hydrogen (secondary N) is 2. The van der Waals surface area contributed by atoms with Crippen LogP contribution in [0, 0.1) is 6.92 Å². The third kappa shape index (κ3) is 4.39. The summed E-state index contributed by atoms with van der Waals surface area (Å²) in [4.78, 5) is 10.8. The average Bonchev–Trinajstić information content (AvgIpc) is 2.59. The minimum absolute atomic E-state index is 0.530. The van der Waals surface area contributed by atoms with E-state index in [-0.39, 0.29) is 0 Å². The van der Waals surface area contributed by atoms with Crippen molar-refractivity contribution < 1.29 is 0 Å². The summed E-state index contributed by atoms with van der Waals surface area (Å²) in [5.41, 5.74) is 4.09. The molecule has 1 aromatic heterocycles. The number of nitrogens with zero attached hydrogens (tertiary/aromatic N) is 3. The van der Waals surface area contributed by atoms with Crippen LogP contribution in [0.25, 0.3) is 0 Å². The minimum Gasteiger partial charge on any atom is -0.378 e. The maximum absolute atomic E-state index is 6.07. The van der Waals surface area contributed by atoms with Gasteiger partial charge in [0.25, 0.3) is 0 Å². The van der Waals surface area contributed by atoms with E-state index in [1.807, 2.05) is 69.6 Å². The minimum atomic E-state index is 0.530. The van der Waals surface area contributed by atoms with Crippen LogP contribution in [0.1, 0.15) is 5.56 Å². The monoisotopic (exact) mass is 353 g/mol. The second-order valence-corrected chi connectivity index (χ2v) is 6.35. The molecule has 0 fully saturated rings. The molecular weight excluding hydrogens is 334 g/mol. The third-order valence-corrected chi connectivity index (χ3v) is 3.99. The number of aryl methyl sites for hydroxylation is 1. The standard InChI is InChI=1S/C19H20ClN5/c1-13-4-5-14(20)12-17(13)23-18-10-11-21-19(24-18)22-15-6-8-16(9-7-15)25(2)3/h4-12H,1-3H3,(H2,21,22,23,24). The quantitative estimate of drug-likeness (QED) is 0.676. The lowest BCUT2D eigenvalue weighted by molar-refractivity contribution is 1.13. The van der Waals surface area contributed by atoms with E-state index in [0.717, 1.165) is 22.6 Å². The van der Waals surface area contributed by atoms with Crippen LogP contribution in [0.15, 0.2) is 54.7 Å². The van der Waals surface area contributed by atoms with Crippen LogP contribution in [-0.4, -0.2) is 24.1 Å². The summed E-state index contributed by atoms with van der Waals surface area (Å²) in [7, 11) is 4.02. The molecule has 2 aromatic carbocycles. The maximum Gasteiger partial charge on any atom is 0.229 e. The molecule has 0 amide bonds. The van der Waals surface area contributed by atoms with E-state index in [4.69, 9.17) is 11.6 Å². The molecule has 3 rings (SSSR count). The fourth-order valence-electron chi connectivity index (χ4n) is 2.33. The van der Waals surface area contributed by atoms with Gasteiger partial charge in [-0.3, -0.25) is 0 Å². The lowest BCUT2D eigenvalue weighted by atomic mass is 10.2. The summed E-state index contributed by atoms with van der Waals surface area (Å²) in [6, 6.07) is 15.6. The second kappa shape index (κ2) is 7.40. The fraction of sp³-hybridized carbons (Fsp3) is 0.158. The van der Waals surface area contributed by atoms with E-state index in [9.17, 15) is 0 Å². The van der Waals surface area contributed by atoms with Crippen molar-refractivity contribution in [2.24, 2.45) is 0 Å². The molecule has 0 atom stereocenters. The number of benzene rings is 2. The second-order valence-electron chi connectivity index (χ2n) is 5.92. The Bertz CT molecular complexity index is 862. The molecule has 0 aliphatic rings. The molecule has 128 valence electrons. The first kappa shape index (κ1) is 17.0. The lowest BCUT2D eigenvalue weighted by Gasteiger charge is -2.13. The zero-order valence-electron chi connectivity index (χ0n) is 14.4. The van der Waals surface area contributed by atoms with Gasteiger partial charge >= 0.3 is 0 Å². The van der Waals surface area contributed by atoms with Crippen LogP contribution in [-0.2, 0) is 0 Å². The van der Waals surface area contributed by atoms with Crippen molar-refractivity contribution in [3.05, 3.63) is 65.3 Å². The molecule has 0 aliphatic heterocycles. The lowest BCUT2D eigenvalue weighted by Crippen LogP contribution is -2.08. The van der Waals surface area contributed by atoms with Crippen molar-refractivity contribution in [3.8, 4) is 0 Å². The molecule has 2 N–H and O–H groups in total. The highest BCUT2D eigenvalue weighted by Crippen LogP contribution is 2.24. The Balaban J connectivity index is 1.76. The zero-order valence-corrected chi connectivity index (χ0v) is 15.2. The van der Waals surface area contributed by atoms with Gasteiger partial charge in [-0.25, -0.2) is 4.98 Å². The molecule has 0 spiro atoms. The molecule has 0 saturated carbocycles. The molecule has 0 saturated heterocycles. The molecule has 6 heteroatoms. The molecule has 0 bridgehead atoms. The third-order valence-electron chi connectivity index (χ3n) is 3.76. The van der Waals surface area contributed by atoms with Gasteiger partial charge in [0.1, 0.15) is 5.82 Å². The van der Waals surface area contributed by atoms with E-state index >= 15 is 0 Å². The molecule has 0 radical (unpaired) electrons. The Morgan fingerprint density at radius 2 is 1.72 bits per heavy atom. The van der Waals surface area contributed by atoms with Crippen LogP contribution in [0.5, 0.6) is 0 Å². The predicted octanol–water partition coefficient (Wildman–Crippen LogP) is 4.99. The molecule has 0 aliphatic carbocycles. The predicted molar refractivity (Wildman–Crippen MR) is 106 cm³/mol. The Hall–Kier alpha value is -2.79. The summed E-state index contributed by atoms with van der Waals surface area (Å²) in [6.45, 7) is 2.02. The Kier molecular flexibility index (Phi) is 5.05. The van der Waals surface area contributed by atoms with Crippen molar-refractivity contribution in [2.45, 2.75) is 6.92 Å². The van der Waals surface area contributed by atoms with Gasteiger partial charge in [0, 0.05) is 42.4 Å². The van der Waals surface area contributed by atoms with Crippen LogP contribution in [0.4, 0.5) is 28.8 Å². The molecule has 3 aromatic rings. The highest BCUT2D eigenvalue weighted by atomic mass is 35.5. The first-order valence-corrected chi connectivity index (χ1v) is 8.30. The Morgan fingerprint density at radius 1 is 0.960 bits per heavy atom. The van der Waals surface area contributed by atoms with Gasteiger partial charge < -0.3 is 15.5 Å². The first-order chi connectivity index (χ1) is 12.0. The molecule has 5 nitrogen and oxygen atoms in total. The summed E-state index contributed by atoms with van der Waals surface area (Å²) in [5.74, 6) is 1.23. The number of hydrogen-bond donors (Lipinski definition) is 2. The summed E-state index contributed by atoms with van der Waals surface area (Å²) in [6.07, 6.45) is 1.71. The maximum atomic E-state index is 6.07. The molecular formula is C19H20ClN5. The smallest absolute Gasteiger partial charge is 0.229 e. The highest BCUT2D eigenvalue weighted by Gasteiger charge is 2.04. The first-order valence-electron chi connectivity index (χ1n) is 7.92. The van der Waals surface area contributed by atoms with Crippen molar-refractivity contribution in [1.82, 2.24) is 9.97 Å². The molecule has 1 heterocycles. The largest absolute Gasteiger partial charge is 0.378 e. The number of hydrogen-bond acceptors (Lipinski definition) is 5. The van der Waals surface area contributed by atoms with E-state index < -0.39 is 0 Å². The van der Waals surface area contributed by atoms with Gasteiger partial charge in [-0.05, 0) is 55.0 Å². The van der Waals surface area contributed by atoms with Crippen LogP contribution < -0.4 is 15.5 Å². The van der Waals surface area contributed by atoms with E-state index in [1.165, 1.54) is 0 Å². The van der Waals surface area contributed by atoms with Crippen molar-refractivity contribution in [3.63, 3.8) is 0 Å². The van der Waals surface area contributed by atoms with Crippen LogP contribution in [0.3, 0.4) is 0 Å². The van der Waals surface area contributed by atoms with Crippen molar-refractivity contribution in [1.29, 1.82) is 0 Å². The van der Waals surface area contributed by atoms with E-state index in [0.29, 0.717) is 16.8 Å². The molecule has 25 heavy (non-hydrogen) atoms. The van der Waals surface area contributed by atoms with Gasteiger partial charge in [0.05, 0.1) is 0 Å². The van der Waals surface area contributed by atoms with Gasteiger partial charge in [0.2, 0.25) is 5.95 Å². The highest BCUT2D eigenvalue weighted by molar-refractivity contribution is 6.30. The van der Waals surface area contributed by atoms with Crippen molar-refractivity contribution >= 4 is 40.4 Å². The van der Waals surface area contributed by atoms with Gasteiger partial charge in [-0.2, -0.15) is 4.98 Å². The summed E-state index contributed by atoms with van der Waals surface area (Å²) >= 11 is 6.07. The zero-order chi connectivity index (χ0) is 17.8. The fourth-order valence-corrected chi connectivity index (χ4v) is 2.50. The molecule has 0 unspecified atom stereocenters. The topological polar surface area (TPSA) is 53.1 Å². The van der Waals surface area contributed by atoms with E-state index in [2.05, 4.69) is 25.5 Å². The Morgan fingerprint density at radius 3 is 2.44 bits per heavy atom. The van der Waals surface area contributed by atoms with Crippen LogP contribution in [0.2, 0.25) is 5.02 Å².